The highest BCUT2D eigenvalue weighted by molar-refractivity contribution is 6.17. The van der Waals surface area contributed by atoms with Crippen LogP contribution in [0.15, 0.2) is 53.3 Å². The molecule has 1 heterocycles. The van der Waals surface area contributed by atoms with Crippen molar-refractivity contribution in [2.75, 3.05) is 32.5 Å². The van der Waals surface area contributed by atoms with Crippen LogP contribution in [-0.4, -0.2) is 42.2 Å². The van der Waals surface area contributed by atoms with Gasteiger partial charge < -0.3 is 20.3 Å². The lowest BCUT2D eigenvalue weighted by atomic mass is 10.0. The molecule has 0 amide bonds. The van der Waals surface area contributed by atoms with Crippen LogP contribution in [0.4, 0.5) is 5.82 Å². The molecule has 4 rings (SSSR count). The molecule has 138 valence electrons. The number of nitrogens with zero attached hydrogens (tertiary/aromatic N) is 1. The minimum Gasteiger partial charge on any atom is -0.508 e. The quantitative estimate of drug-likeness (QED) is 0.372. The van der Waals surface area contributed by atoms with E-state index < -0.39 is 0 Å². The first-order chi connectivity index (χ1) is 13.0. The van der Waals surface area contributed by atoms with Crippen molar-refractivity contribution in [1.82, 2.24) is 9.88 Å². The van der Waals surface area contributed by atoms with Gasteiger partial charge in [0.1, 0.15) is 11.6 Å². The Morgan fingerprint density at radius 1 is 0.963 bits per heavy atom. The zero-order chi connectivity index (χ0) is 19.0. The van der Waals surface area contributed by atoms with E-state index in [-0.39, 0.29) is 11.2 Å². The number of aromatic amines is 1. The molecule has 5 nitrogen and oxygen atoms in total. The van der Waals surface area contributed by atoms with Crippen molar-refractivity contribution in [2.24, 2.45) is 0 Å². The van der Waals surface area contributed by atoms with E-state index in [2.05, 4.69) is 29.3 Å². The average Bonchev–Trinajstić information content (AvgIpc) is 2.64. The molecule has 1 aromatic heterocycles. The zero-order valence-corrected chi connectivity index (χ0v) is 15.5. The highest BCUT2D eigenvalue weighted by atomic mass is 16.3. The lowest BCUT2D eigenvalue weighted by Gasteiger charge is -2.15. The van der Waals surface area contributed by atoms with Gasteiger partial charge in [-0.15, -0.1) is 0 Å². The Bertz CT molecular complexity index is 1190. The predicted octanol–water partition coefficient (Wildman–Crippen LogP) is 3.90. The lowest BCUT2D eigenvalue weighted by Crippen LogP contribution is -2.16. The Hall–Kier alpha value is -3.05. The molecule has 0 aliphatic carbocycles. The first kappa shape index (κ1) is 17.4. The first-order valence-electron chi connectivity index (χ1n) is 9.13. The van der Waals surface area contributed by atoms with E-state index >= 15 is 0 Å². The second kappa shape index (κ2) is 6.93. The van der Waals surface area contributed by atoms with Gasteiger partial charge in [0.05, 0.1) is 5.52 Å². The van der Waals surface area contributed by atoms with E-state index in [1.807, 2.05) is 24.3 Å². The third kappa shape index (κ3) is 3.34. The molecule has 0 saturated carbocycles. The standard InChI is InChI=1S/C22H23N3O2/c1-25(2)11-3-10-23-22-20-13-16(27)6-9-18(20)19-7-4-14-12-15(26)5-8-17(14)21(19)24-22/h4-9,12-13,23-24,27H,3,10-11H2,1-2H3. The number of fused-ring (bicyclic) bond motifs is 5. The van der Waals surface area contributed by atoms with Crippen LogP contribution in [0, 0.1) is 0 Å². The summed E-state index contributed by atoms with van der Waals surface area (Å²) in [6, 6.07) is 14.6. The van der Waals surface area contributed by atoms with Gasteiger partial charge in [0, 0.05) is 22.7 Å². The molecular weight excluding hydrogens is 338 g/mol. The third-order valence-corrected chi connectivity index (χ3v) is 4.89. The van der Waals surface area contributed by atoms with E-state index in [4.69, 9.17) is 0 Å². The zero-order valence-electron chi connectivity index (χ0n) is 15.5. The molecule has 0 fully saturated rings. The van der Waals surface area contributed by atoms with Crippen LogP contribution in [-0.2, 0) is 0 Å². The molecular formula is C22H23N3O2. The van der Waals surface area contributed by atoms with Gasteiger partial charge in [-0.2, -0.15) is 0 Å². The summed E-state index contributed by atoms with van der Waals surface area (Å²) in [7, 11) is 4.12. The minimum absolute atomic E-state index is 0.00888. The summed E-state index contributed by atoms with van der Waals surface area (Å²) in [6.45, 7) is 1.82. The Morgan fingerprint density at radius 2 is 1.74 bits per heavy atom. The van der Waals surface area contributed by atoms with Crippen LogP contribution in [0.2, 0.25) is 0 Å². The number of aromatic nitrogens is 1. The maximum atomic E-state index is 11.7. The van der Waals surface area contributed by atoms with E-state index in [9.17, 15) is 9.90 Å². The van der Waals surface area contributed by atoms with Gasteiger partial charge >= 0.3 is 0 Å². The molecule has 0 bridgehead atoms. The van der Waals surface area contributed by atoms with Gasteiger partial charge in [-0.25, -0.2) is 0 Å². The van der Waals surface area contributed by atoms with Gasteiger partial charge in [-0.3, -0.25) is 4.79 Å². The fourth-order valence-electron chi connectivity index (χ4n) is 3.58. The predicted molar refractivity (Wildman–Crippen MR) is 113 cm³/mol. The Balaban J connectivity index is 1.91. The summed E-state index contributed by atoms with van der Waals surface area (Å²) >= 11 is 0. The Labute approximate surface area is 157 Å². The molecule has 0 atom stereocenters. The number of hydrogen-bond acceptors (Lipinski definition) is 4. The number of nitrogens with one attached hydrogen (secondary N) is 2. The summed E-state index contributed by atoms with van der Waals surface area (Å²) in [5.41, 5.74) is 0.996. The fraction of sp³-hybridized carbons (Fsp3) is 0.227. The third-order valence-electron chi connectivity index (χ3n) is 4.89. The van der Waals surface area contributed by atoms with Crippen molar-refractivity contribution in [3.63, 3.8) is 0 Å². The molecule has 0 aliphatic rings. The van der Waals surface area contributed by atoms with Crippen molar-refractivity contribution in [3.05, 3.63) is 58.8 Å². The highest BCUT2D eigenvalue weighted by Crippen LogP contribution is 2.34. The van der Waals surface area contributed by atoms with Gasteiger partial charge in [-0.1, -0.05) is 12.1 Å². The summed E-state index contributed by atoms with van der Waals surface area (Å²) in [5.74, 6) is 1.12. The number of rotatable bonds is 5. The van der Waals surface area contributed by atoms with Crippen LogP contribution in [0.25, 0.3) is 32.4 Å². The molecule has 0 saturated heterocycles. The molecule has 0 radical (unpaired) electrons. The van der Waals surface area contributed by atoms with E-state index in [1.165, 1.54) is 0 Å². The molecule has 27 heavy (non-hydrogen) atoms. The van der Waals surface area contributed by atoms with Gasteiger partial charge in [0.25, 0.3) is 0 Å². The number of phenolic OH excluding ortho intramolecular Hbond substituents is 1. The second-order valence-electron chi connectivity index (χ2n) is 7.18. The number of benzene rings is 3. The Kier molecular flexibility index (Phi) is 4.46. The summed E-state index contributed by atoms with van der Waals surface area (Å²) in [5, 5.41) is 18.5. The summed E-state index contributed by atoms with van der Waals surface area (Å²) in [6.07, 6.45) is 1.01. The molecule has 4 aromatic rings. The minimum atomic E-state index is 0.00888. The van der Waals surface area contributed by atoms with E-state index in [1.54, 1.807) is 24.3 Å². The molecule has 0 aliphatic heterocycles. The number of H-pyrrole nitrogens is 1. The lowest BCUT2D eigenvalue weighted by molar-refractivity contribution is 0.405. The van der Waals surface area contributed by atoms with Crippen LogP contribution in [0.1, 0.15) is 6.42 Å². The van der Waals surface area contributed by atoms with Crippen molar-refractivity contribution in [3.8, 4) is 5.75 Å². The summed E-state index contributed by atoms with van der Waals surface area (Å²) < 4.78 is 0. The van der Waals surface area contributed by atoms with E-state index in [0.717, 1.165) is 57.8 Å². The number of pyridine rings is 1. The van der Waals surface area contributed by atoms with Crippen LogP contribution in [0.3, 0.4) is 0 Å². The number of hydrogen-bond donors (Lipinski definition) is 3. The maximum Gasteiger partial charge on any atom is 0.179 e. The molecule has 5 heteroatoms. The smallest absolute Gasteiger partial charge is 0.179 e. The monoisotopic (exact) mass is 361 g/mol. The number of anilines is 1. The molecule has 3 aromatic carbocycles. The van der Waals surface area contributed by atoms with Gasteiger partial charge in [0.2, 0.25) is 0 Å². The number of aromatic hydroxyl groups is 1. The van der Waals surface area contributed by atoms with Crippen molar-refractivity contribution >= 4 is 38.3 Å². The molecule has 0 spiro atoms. The highest BCUT2D eigenvalue weighted by Gasteiger charge is 2.10. The maximum absolute atomic E-state index is 11.7. The Morgan fingerprint density at radius 3 is 2.56 bits per heavy atom. The van der Waals surface area contributed by atoms with Crippen LogP contribution in [0.5, 0.6) is 5.75 Å². The fourth-order valence-corrected chi connectivity index (χ4v) is 3.58. The largest absolute Gasteiger partial charge is 0.508 e. The second-order valence-corrected chi connectivity index (χ2v) is 7.18. The van der Waals surface area contributed by atoms with Gasteiger partial charge in [-0.05, 0) is 74.2 Å². The van der Waals surface area contributed by atoms with Gasteiger partial charge in [0.15, 0.2) is 5.43 Å². The van der Waals surface area contributed by atoms with Crippen molar-refractivity contribution < 1.29 is 5.11 Å². The summed E-state index contributed by atoms with van der Waals surface area (Å²) in [4.78, 5) is 17.4. The SMILES string of the molecule is CN(C)CCCNc1[nH]c2c3ccc(=O)cc3ccc2c2ccc(O)cc12. The molecule has 3 N–H and O–H groups in total. The van der Waals surface area contributed by atoms with Crippen LogP contribution < -0.4 is 10.7 Å². The normalized spacial score (nSPS) is 11.7. The van der Waals surface area contributed by atoms with Crippen LogP contribution >= 0.6 is 0 Å². The number of phenols is 1. The first-order valence-corrected chi connectivity index (χ1v) is 9.13. The molecule has 0 unspecified atom stereocenters. The van der Waals surface area contributed by atoms with Crippen molar-refractivity contribution in [1.29, 1.82) is 0 Å². The van der Waals surface area contributed by atoms with Crippen molar-refractivity contribution in [2.45, 2.75) is 6.42 Å². The average molecular weight is 361 g/mol. The topological polar surface area (TPSA) is 68.4 Å². The van der Waals surface area contributed by atoms with E-state index in [0.29, 0.717) is 0 Å².